The molecule has 10 heteroatoms. The molecular weight excluding hydrogens is 397 g/mol. The van der Waals surface area contributed by atoms with Crippen LogP contribution in [0, 0.1) is 0 Å². The number of ether oxygens (including phenoxy) is 1. The monoisotopic (exact) mass is 414 g/mol. The summed E-state index contributed by atoms with van der Waals surface area (Å²) in [5.74, 6) is 0.0314. The molecule has 1 aliphatic heterocycles. The number of hydrogen-bond donors (Lipinski definition) is 2. The van der Waals surface area contributed by atoms with E-state index in [-0.39, 0.29) is 46.5 Å². The lowest BCUT2D eigenvalue weighted by Crippen LogP contribution is -2.42. The van der Waals surface area contributed by atoms with Crippen LogP contribution >= 0.6 is 11.6 Å². The van der Waals surface area contributed by atoms with Gasteiger partial charge in [0.25, 0.3) is 0 Å². The van der Waals surface area contributed by atoms with Gasteiger partial charge in [0, 0.05) is 24.3 Å². The highest BCUT2D eigenvalue weighted by Crippen LogP contribution is 2.45. The molecule has 1 aliphatic carbocycles. The molecule has 4 rings (SSSR count). The van der Waals surface area contributed by atoms with Crippen LogP contribution in [-0.4, -0.2) is 45.4 Å². The maximum Gasteiger partial charge on any atom is 0.418 e. The average molecular weight is 415 g/mol. The summed E-state index contributed by atoms with van der Waals surface area (Å²) in [5, 5.41) is 13.1. The van der Waals surface area contributed by atoms with Crippen molar-refractivity contribution in [1.82, 2.24) is 15.0 Å². The second kappa shape index (κ2) is 7.46. The van der Waals surface area contributed by atoms with Crippen LogP contribution in [0.3, 0.4) is 0 Å². The van der Waals surface area contributed by atoms with E-state index in [0.717, 1.165) is 6.07 Å². The number of aliphatic hydroxyl groups excluding tert-OH is 1. The zero-order valence-electron chi connectivity index (χ0n) is 14.7. The molecule has 0 aromatic carbocycles. The Balaban J connectivity index is 1.67. The molecule has 28 heavy (non-hydrogen) atoms. The van der Waals surface area contributed by atoms with Gasteiger partial charge in [-0.05, 0) is 25.3 Å². The largest absolute Gasteiger partial charge is 0.418 e. The van der Waals surface area contributed by atoms with Crippen LogP contribution in [0.1, 0.15) is 36.4 Å². The van der Waals surface area contributed by atoms with E-state index in [9.17, 15) is 18.3 Å². The van der Waals surface area contributed by atoms with Gasteiger partial charge in [0.2, 0.25) is 5.95 Å². The van der Waals surface area contributed by atoms with Crippen molar-refractivity contribution in [2.24, 2.45) is 0 Å². The van der Waals surface area contributed by atoms with E-state index in [1.54, 1.807) is 0 Å². The summed E-state index contributed by atoms with van der Waals surface area (Å²) in [4.78, 5) is 12.4. The highest BCUT2D eigenvalue weighted by molar-refractivity contribution is 6.32. The van der Waals surface area contributed by atoms with Crippen molar-refractivity contribution < 1.29 is 23.0 Å². The Morgan fingerprint density at radius 1 is 1.18 bits per heavy atom. The third kappa shape index (κ3) is 4.06. The first kappa shape index (κ1) is 19.4. The van der Waals surface area contributed by atoms with Crippen molar-refractivity contribution in [2.45, 2.75) is 43.5 Å². The smallest absolute Gasteiger partial charge is 0.389 e. The van der Waals surface area contributed by atoms with E-state index in [2.05, 4.69) is 20.3 Å². The summed E-state index contributed by atoms with van der Waals surface area (Å²) in [6, 6.07) is 0.728. The summed E-state index contributed by atoms with van der Waals surface area (Å²) in [6.45, 7) is 0.677. The number of nitrogens with one attached hydrogen (secondary N) is 1. The summed E-state index contributed by atoms with van der Waals surface area (Å²) >= 11 is 6.15. The Morgan fingerprint density at radius 3 is 2.64 bits per heavy atom. The van der Waals surface area contributed by atoms with E-state index in [1.807, 2.05) is 0 Å². The minimum absolute atomic E-state index is 0.0742. The summed E-state index contributed by atoms with van der Waals surface area (Å²) in [6.07, 6.45) is -0.570. The highest BCUT2D eigenvalue weighted by Gasteiger charge is 2.39. The molecule has 2 aromatic heterocycles. The number of hydrogen-bond acceptors (Lipinski definition) is 6. The Kier molecular flexibility index (Phi) is 5.15. The van der Waals surface area contributed by atoms with Crippen LogP contribution in [0.4, 0.5) is 19.1 Å². The number of halogens is 4. The normalized spacial score (nSPS) is 22.9. The standard InChI is InChI=1S/C18H18ClF3N4O2/c19-12-7-24-17(25-13-3-4-28-8-14(13)27)26-16(12)10-5-11(18(20,21)22)15(23-6-10)9-1-2-9/h5-7,9,13-14,27H,1-4,8H2,(H,24,25,26)/t13-,14-/m1/s1. The lowest BCUT2D eigenvalue weighted by Gasteiger charge is -2.28. The van der Waals surface area contributed by atoms with Gasteiger partial charge in [0.05, 0.1) is 46.9 Å². The van der Waals surface area contributed by atoms with E-state index in [4.69, 9.17) is 16.3 Å². The van der Waals surface area contributed by atoms with Gasteiger partial charge >= 0.3 is 6.18 Å². The van der Waals surface area contributed by atoms with Crippen LogP contribution in [0.2, 0.25) is 5.02 Å². The van der Waals surface area contributed by atoms with Crippen molar-refractivity contribution >= 4 is 17.5 Å². The van der Waals surface area contributed by atoms with Crippen molar-refractivity contribution in [2.75, 3.05) is 18.5 Å². The van der Waals surface area contributed by atoms with Gasteiger partial charge < -0.3 is 15.2 Å². The number of alkyl halides is 3. The summed E-state index contributed by atoms with van der Waals surface area (Å²) < 4.78 is 45.7. The van der Waals surface area contributed by atoms with Gasteiger partial charge in [-0.15, -0.1) is 0 Å². The molecule has 0 spiro atoms. The number of nitrogens with zero attached hydrogens (tertiary/aromatic N) is 3. The van der Waals surface area contributed by atoms with Gasteiger partial charge in [0.15, 0.2) is 0 Å². The number of rotatable bonds is 4. The van der Waals surface area contributed by atoms with Crippen LogP contribution in [0.15, 0.2) is 18.5 Å². The minimum atomic E-state index is -4.51. The molecule has 6 nitrogen and oxygen atoms in total. The molecule has 3 heterocycles. The van der Waals surface area contributed by atoms with E-state index in [0.29, 0.717) is 25.9 Å². The lowest BCUT2D eigenvalue weighted by molar-refractivity contribution is -0.138. The molecule has 2 atom stereocenters. The second-order valence-electron chi connectivity index (χ2n) is 7.00. The van der Waals surface area contributed by atoms with Crippen LogP contribution in [-0.2, 0) is 10.9 Å². The number of pyridine rings is 1. The molecule has 0 radical (unpaired) electrons. The van der Waals surface area contributed by atoms with Gasteiger partial charge in [-0.25, -0.2) is 9.97 Å². The highest BCUT2D eigenvalue weighted by atomic mass is 35.5. The third-order valence-electron chi connectivity index (χ3n) is 4.85. The van der Waals surface area contributed by atoms with E-state index >= 15 is 0 Å². The zero-order chi connectivity index (χ0) is 19.9. The summed E-state index contributed by atoms with van der Waals surface area (Å²) in [5.41, 5.74) is -0.359. The number of aliphatic hydroxyl groups is 1. The van der Waals surface area contributed by atoms with E-state index < -0.39 is 17.8 Å². The molecule has 2 fully saturated rings. The molecule has 1 saturated carbocycles. The van der Waals surface area contributed by atoms with Gasteiger partial charge in [-0.1, -0.05) is 11.6 Å². The summed E-state index contributed by atoms with van der Waals surface area (Å²) in [7, 11) is 0. The predicted octanol–water partition coefficient (Wildman–Crippen LogP) is 3.65. The molecule has 1 saturated heterocycles. The molecule has 2 aliphatic rings. The molecule has 0 unspecified atom stereocenters. The van der Waals surface area contributed by atoms with E-state index in [1.165, 1.54) is 12.4 Å². The Bertz CT molecular complexity index is 876. The maximum atomic E-state index is 13.5. The molecule has 0 bridgehead atoms. The Labute approximate surface area is 164 Å². The van der Waals surface area contributed by atoms with Gasteiger partial charge in [-0.2, -0.15) is 13.2 Å². The zero-order valence-corrected chi connectivity index (χ0v) is 15.5. The minimum Gasteiger partial charge on any atom is -0.389 e. The lowest BCUT2D eigenvalue weighted by atomic mass is 10.1. The fourth-order valence-electron chi connectivity index (χ4n) is 3.21. The molecule has 2 N–H and O–H groups in total. The fraction of sp³-hybridized carbons (Fsp3) is 0.500. The predicted molar refractivity (Wildman–Crippen MR) is 96.1 cm³/mol. The van der Waals surface area contributed by atoms with Crippen molar-refractivity contribution in [3.63, 3.8) is 0 Å². The molecule has 150 valence electrons. The van der Waals surface area contributed by atoms with Crippen LogP contribution < -0.4 is 5.32 Å². The topological polar surface area (TPSA) is 80.2 Å². The molecule has 0 amide bonds. The molecule has 2 aromatic rings. The van der Waals surface area contributed by atoms with Gasteiger partial charge in [-0.3, -0.25) is 4.98 Å². The quantitative estimate of drug-likeness (QED) is 0.795. The fourth-order valence-corrected chi connectivity index (χ4v) is 3.41. The van der Waals surface area contributed by atoms with Crippen LogP contribution in [0.25, 0.3) is 11.3 Å². The Hall–Kier alpha value is -1.97. The van der Waals surface area contributed by atoms with Crippen molar-refractivity contribution in [3.8, 4) is 11.3 Å². The van der Waals surface area contributed by atoms with Gasteiger partial charge in [0.1, 0.15) is 0 Å². The average Bonchev–Trinajstić information content (AvgIpc) is 3.49. The van der Waals surface area contributed by atoms with Crippen LogP contribution in [0.5, 0.6) is 0 Å². The Morgan fingerprint density at radius 2 is 1.96 bits per heavy atom. The first-order chi connectivity index (χ1) is 13.3. The molecular formula is C18H18ClF3N4O2. The second-order valence-corrected chi connectivity index (χ2v) is 7.41. The first-order valence-electron chi connectivity index (χ1n) is 8.95. The SMILES string of the molecule is O[C@@H]1COCC[C@H]1Nc1ncc(Cl)c(-c2cnc(C3CC3)c(C(F)(F)F)c2)n1. The first-order valence-corrected chi connectivity index (χ1v) is 9.33. The van der Waals surface area contributed by atoms with Crippen molar-refractivity contribution in [3.05, 3.63) is 34.7 Å². The number of anilines is 1. The number of aromatic nitrogens is 3. The third-order valence-corrected chi connectivity index (χ3v) is 5.12. The van der Waals surface area contributed by atoms with Crippen molar-refractivity contribution in [1.29, 1.82) is 0 Å². The maximum absolute atomic E-state index is 13.5.